The van der Waals surface area contributed by atoms with E-state index in [0.29, 0.717) is 12.3 Å². The van der Waals surface area contributed by atoms with E-state index in [9.17, 15) is 15.0 Å². The highest BCUT2D eigenvalue weighted by Gasteiger charge is 2.32. The summed E-state index contributed by atoms with van der Waals surface area (Å²) in [6.45, 7) is 2.19. The Morgan fingerprint density at radius 1 is 1.12 bits per heavy atom. The molecule has 0 radical (unpaired) electrons. The second-order valence-electron chi connectivity index (χ2n) is 7.62. The Balaban J connectivity index is 2.29. The molecule has 4 heteroatoms. The second-order valence-corrected chi connectivity index (χ2v) is 7.62. The van der Waals surface area contributed by atoms with Crippen molar-refractivity contribution in [2.75, 3.05) is 0 Å². The molecule has 26 heavy (non-hydrogen) atoms. The van der Waals surface area contributed by atoms with Crippen molar-refractivity contribution in [2.45, 2.75) is 96.2 Å². The SMILES string of the molecule is CCCCCCC(O)/C=C/C1CCC(O)C1C/C=C/CCCCC(=O)O. The summed E-state index contributed by atoms with van der Waals surface area (Å²) in [5.74, 6) is -0.161. The third-order valence-electron chi connectivity index (χ3n) is 5.36. The lowest BCUT2D eigenvalue weighted by Crippen LogP contribution is -2.17. The van der Waals surface area contributed by atoms with Crippen LogP contribution >= 0.6 is 0 Å². The van der Waals surface area contributed by atoms with Gasteiger partial charge in [-0.3, -0.25) is 4.79 Å². The molecule has 1 saturated carbocycles. The number of allylic oxidation sites excluding steroid dienone is 3. The number of hydrogen-bond acceptors (Lipinski definition) is 3. The molecule has 1 rings (SSSR count). The van der Waals surface area contributed by atoms with Crippen LogP contribution in [0.15, 0.2) is 24.3 Å². The Hall–Kier alpha value is -1.13. The van der Waals surface area contributed by atoms with Crippen molar-refractivity contribution in [2.24, 2.45) is 11.8 Å². The van der Waals surface area contributed by atoms with Crippen molar-refractivity contribution in [1.29, 1.82) is 0 Å². The standard InChI is InChI=1S/C22H38O4/c1-2-3-4-8-11-19(23)16-14-18-15-17-21(24)20(18)12-9-6-5-7-10-13-22(25)26/h6,9,14,16,18-21,23-24H,2-5,7-8,10-13,15,17H2,1H3,(H,25,26)/b9-6+,16-14+. The van der Waals surface area contributed by atoms with Crippen LogP contribution in [0.25, 0.3) is 0 Å². The van der Waals surface area contributed by atoms with Crippen LogP contribution in [0.4, 0.5) is 0 Å². The first-order chi connectivity index (χ1) is 12.5. The fourth-order valence-electron chi connectivity index (χ4n) is 3.70. The smallest absolute Gasteiger partial charge is 0.303 e. The van der Waals surface area contributed by atoms with E-state index in [2.05, 4.69) is 25.2 Å². The molecule has 1 aliphatic rings. The van der Waals surface area contributed by atoms with Crippen molar-refractivity contribution < 1.29 is 20.1 Å². The Morgan fingerprint density at radius 3 is 2.65 bits per heavy atom. The van der Waals surface area contributed by atoms with Gasteiger partial charge in [0.25, 0.3) is 0 Å². The van der Waals surface area contributed by atoms with Gasteiger partial charge in [-0.05, 0) is 56.8 Å². The Morgan fingerprint density at radius 2 is 1.92 bits per heavy atom. The molecular formula is C22H38O4. The van der Waals surface area contributed by atoms with Crippen LogP contribution in [0.5, 0.6) is 0 Å². The van der Waals surface area contributed by atoms with Crippen molar-refractivity contribution in [3.63, 3.8) is 0 Å². The summed E-state index contributed by atoms with van der Waals surface area (Å²) in [7, 11) is 0. The summed E-state index contributed by atoms with van der Waals surface area (Å²) in [5, 5.41) is 28.9. The van der Waals surface area contributed by atoms with E-state index in [-0.39, 0.29) is 24.5 Å². The number of aliphatic hydroxyl groups is 2. The molecule has 4 nitrogen and oxygen atoms in total. The van der Waals surface area contributed by atoms with Crippen LogP contribution in [0, 0.1) is 11.8 Å². The van der Waals surface area contributed by atoms with E-state index in [1.54, 1.807) is 0 Å². The topological polar surface area (TPSA) is 77.8 Å². The van der Waals surface area contributed by atoms with Crippen LogP contribution < -0.4 is 0 Å². The Labute approximate surface area is 159 Å². The molecule has 4 atom stereocenters. The fraction of sp³-hybridized carbons (Fsp3) is 0.773. The second kappa shape index (κ2) is 14.0. The minimum atomic E-state index is -0.731. The van der Waals surface area contributed by atoms with Crippen molar-refractivity contribution >= 4 is 5.97 Å². The summed E-state index contributed by atoms with van der Waals surface area (Å²) >= 11 is 0. The van der Waals surface area contributed by atoms with Gasteiger partial charge in [0.1, 0.15) is 0 Å². The highest BCUT2D eigenvalue weighted by atomic mass is 16.4. The maximum Gasteiger partial charge on any atom is 0.303 e. The van der Waals surface area contributed by atoms with Crippen LogP contribution in [0.3, 0.4) is 0 Å². The van der Waals surface area contributed by atoms with Gasteiger partial charge in [0.15, 0.2) is 0 Å². The van der Waals surface area contributed by atoms with Gasteiger partial charge in [-0.1, -0.05) is 56.9 Å². The van der Waals surface area contributed by atoms with Gasteiger partial charge in [0, 0.05) is 6.42 Å². The predicted molar refractivity (Wildman–Crippen MR) is 106 cm³/mol. The fourth-order valence-corrected chi connectivity index (χ4v) is 3.70. The van der Waals surface area contributed by atoms with Crippen molar-refractivity contribution in [3.8, 4) is 0 Å². The zero-order chi connectivity index (χ0) is 19.2. The van der Waals surface area contributed by atoms with Crippen molar-refractivity contribution in [1.82, 2.24) is 0 Å². The zero-order valence-corrected chi connectivity index (χ0v) is 16.4. The largest absolute Gasteiger partial charge is 0.481 e. The summed E-state index contributed by atoms with van der Waals surface area (Å²) in [6, 6.07) is 0. The van der Waals surface area contributed by atoms with E-state index in [1.807, 2.05) is 6.08 Å². The average Bonchev–Trinajstić information content (AvgIpc) is 2.96. The van der Waals surface area contributed by atoms with Crippen molar-refractivity contribution in [3.05, 3.63) is 24.3 Å². The molecule has 0 amide bonds. The highest BCUT2D eigenvalue weighted by Crippen LogP contribution is 2.36. The van der Waals surface area contributed by atoms with Gasteiger partial charge in [-0.25, -0.2) is 0 Å². The van der Waals surface area contributed by atoms with E-state index < -0.39 is 5.97 Å². The minimum Gasteiger partial charge on any atom is -0.481 e. The lowest BCUT2D eigenvalue weighted by molar-refractivity contribution is -0.137. The van der Waals surface area contributed by atoms with Gasteiger partial charge < -0.3 is 15.3 Å². The molecular weight excluding hydrogens is 328 g/mol. The first-order valence-corrected chi connectivity index (χ1v) is 10.5. The molecule has 4 unspecified atom stereocenters. The number of carboxylic acids is 1. The Bertz CT molecular complexity index is 430. The lowest BCUT2D eigenvalue weighted by Gasteiger charge is -2.18. The lowest BCUT2D eigenvalue weighted by atomic mass is 9.90. The Kier molecular flexibility index (Phi) is 12.3. The number of unbranched alkanes of at least 4 members (excludes halogenated alkanes) is 5. The van der Waals surface area contributed by atoms with Gasteiger partial charge in [-0.15, -0.1) is 0 Å². The van der Waals surface area contributed by atoms with Crippen LogP contribution in [-0.2, 0) is 4.79 Å². The summed E-state index contributed by atoms with van der Waals surface area (Å²) in [5.41, 5.74) is 0. The van der Waals surface area contributed by atoms with Gasteiger partial charge in [0.05, 0.1) is 12.2 Å². The molecule has 0 bridgehead atoms. The minimum absolute atomic E-state index is 0.230. The molecule has 0 aromatic carbocycles. The van der Waals surface area contributed by atoms with Gasteiger partial charge >= 0.3 is 5.97 Å². The van der Waals surface area contributed by atoms with Crippen LogP contribution in [0.1, 0.15) is 84.0 Å². The van der Waals surface area contributed by atoms with E-state index in [4.69, 9.17) is 5.11 Å². The average molecular weight is 367 g/mol. The number of carbonyl (C=O) groups is 1. The molecule has 0 saturated heterocycles. The molecule has 0 aliphatic heterocycles. The van der Waals surface area contributed by atoms with Crippen LogP contribution in [-0.4, -0.2) is 33.5 Å². The molecule has 1 aliphatic carbocycles. The molecule has 0 aromatic rings. The number of aliphatic hydroxyl groups excluding tert-OH is 2. The number of rotatable bonds is 14. The molecule has 0 spiro atoms. The quantitative estimate of drug-likeness (QED) is 0.303. The summed E-state index contributed by atoms with van der Waals surface area (Å²) in [6.07, 6.45) is 18.6. The molecule has 3 N–H and O–H groups in total. The predicted octanol–water partition coefficient (Wildman–Crippen LogP) is 4.85. The third kappa shape index (κ3) is 10.1. The summed E-state index contributed by atoms with van der Waals surface area (Å²) in [4.78, 5) is 10.5. The zero-order valence-electron chi connectivity index (χ0n) is 16.4. The van der Waals surface area contributed by atoms with E-state index >= 15 is 0 Å². The van der Waals surface area contributed by atoms with Gasteiger partial charge in [-0.2, -0.15) is 0 Å². The first kappa shape index (κ1) is 22.9. The van der Waals surface area contributed by atoms with Gasteiger partial charge in [0.2, 0.25) is 0 Å². The molecule has 0 aromatic heterocycles. The normalized spacial score (nSPS) is 24.7. The summed E-state index contributed by atoms with van der Waals surface area (Å²) < 4.78 is 0. The van der Waals surface area contributed by atoms with E-state index in [1.165, 1.54) is 19.3 Å². The van der Waals surface area contributed by atoms with Crippen LogP contribution in [0.2, 0.25) is 0 Å². The molecule has 0 heterocycles. The maximum atomic E-state index is 10.5. The third-order valence-corrected chi connectivity index (χ3v) is 5.36. The number of carboxylic acid groups (broad SMARTS) is 1. The van der Waals surface area contributed by atoms with E-state index in [0.717, 1.165) is 44.9 Å². The monoisotopic (exact) mass is 366 g/mol. The molecule has 1 fully saturated rings. The highest BCUT2D eigenvalue weighted by molar-refractivity contribution is 5.66. The molecule has 150 valence electrons. The number of hydrogen-bond donors (Lipinski definition) is 3. The number of aliphatic carboxylic acids is 1. The first-order valence-electron chi connectivity index (χ1n) is 10.5. The maximum absolute atomic E-state index is 10.5.